The van der Waals surface area contributed by atoms with Crippen molar-refractivity contribution >= 4 is 10.0 Å². The lowest BCUT2D eigenvalue weighted by atomic mass is 10.1. The van der Waals surface area contributed by atoms with E-state index < -0.39 is 15.8 Å². The first-order valence-electron chi connectivity index (χ1n) is 7.22. The molecular weight excluding hydrogens is 291 g/mol. The Bertz CT molecular complexity index is 560. The van der Waals surface area contributed by atoms with Gasteiger partial charge in [0.2, 0.25) is 10.0 Å². The van der Waals surface area contributed by atoms with Crippen LogP contribution in [0, 0.1) is 19.7 Å². The lowest BCUT2D eigenvalue weighted by Crippen LogP contribution is -2.42. The van der Waals surface area contributed by atoms with Gasteiger partial charge in [0.1, 0.15) is 5.82 Å². The molecule has 0 bridgehead atoms. The van der Waals surface area contributed by atoms with E-state index in [1.807, 2.05) is 20.8 Å². The van der Waals surface area contributed by atoms with Gasteiger partial charge in [0.05, 0.1) is 4.90 Å². The number of hydrogen-bond acceptors (Lipinski definition) is 3. The fraction of sp³-hybridized carbons (Fsp3) is 0.600. The molecular formula is C15H25FN2O2S. The van der Waals surface area contributed by atoms with Crippen LogP contribution in [-0.2, 0) is 10.0 Å². The number of nitrogens with zero attached hydrogens (tertiary/aromatic N) is 1. The van der Waals surface area contributed by atoms with Crippen molar-refractivity contribution in [2.24, 2.45) is 0 Å². The molecule has 0 amide bonds. The van der Waals surface area contributed by atoms with Gasteiger partial charge in [-0.05, 0) is 57.1 Å². The van der Waals surface area contributed by atoms with E-state index in [0.29, 0.717) is 17.7 Å². The monoisotopic (exact) mass is 316 g/mol. The summed E-state index contributed by atoms with van der Waals surface area (Å²) in [5.74, 6) is -0.417. The first-order valence-corrected chi connectivity index (χ1v) is 8.71. The Hall–Kier alpha value is -0.980. The van der Waals surface area contributed by atoms with Crippen LogP contribution in [0.4, 0.5) is 4.39 Å². The summed E-state index contributed by atoms with van der Waals surface area (Å²) in [6, 6.07) is 2.28. The fourth-order valence-corrected chi connectivity index (χ4v) is 4.24. The molecule has 1 atom stereocenters. The number of benzene rings is 1. The van der Waals surface area contributed by atoms with Crippen molar-refractivity contribution in [1.82, 2.24) is 9.62 Å². The molecule has 120 valence electrons. The van der Waals surface area contributed by atoms with Crippen molar-refractivity contribution in [2.45, 2.75) is 45.6 Å². The molecule has 0 aromatic heterocycles. The molecule has 0 spiro atoms. The van der Waals surface area contributed by atoms with Crippen LogP contribution in [0.2, 0.25) is 0 Å². The van der Waals surface area contributed by atoms with Gasteiger partial charge in [-0.25, -0.2) is 17.5 Å². The molecule has 1 aromatic carbocycles. The van der Waals surface area contributed by atoms with Crippen LogP contribution < -0.4 is 4.72 Å². The number of aryl methyl sites for hydroxylation is 2. The summed E-state index contributed by atoms with van der Waals surface area (Å²) < 4.78 is 41.0. The number of rotatable bonds is 7. The smallest absolute Gasteiger partial charge is 0.241 e. The maximum Gasteiger partial charge on any atom is 0.241 e. The highest BCUT2D eigenvalue weighted by molar-refractivity contribution is 7.89. The van der Waals surface area contributed by atoms with E-state index in [-0.39, 0.29) is 10.9 Å². The minimum Gasteiger partial charge on any atom is -0.302 e. The molecule has 0 aliphatic heterocycles. The average molecular weight is 316 g/mol. The van der Waals surface area contributed by atoms with Crippen LogP contribution in [0.25, 0.3) is 0 Å². The first kappa shape index (κ1) is 18.1. The highest BCUT2D eigenvalue weighted by atomic mass is 32.2. The predicted octanol–water partition coefficient (Wildman–Crippen LogP) is 2.45. The van der Waals surface area contributed by atoms with Crippen molar-refractivity contribution in [3.63, 3.8) is 0 Å². The summed E-state index contributed by atoms with van der Waals surface area (Å²) in [6.07, 6.45) is 0. The molecule has 0 heterocycles. The molecule has 4 nitrogen and oxygen atoms in total. The molecule has 1 rings (SSSR count). The molecule has 6 heteroatoms. The zero-order valence-corrected chi connectivity index (χ0v) is 14.2. The summed E-state index contributed by atoms with van der Waals surface area (Å²) in [5.41, 5.74) is 0.852. The van der Waals surface area contributed by atoms with Gasteiger partial charge in [-0.1, -0.05) is 13.8 Å². The molecule has 1 N–H and O–H groups in total. The van der Waals surface area contributed by atoms with E-state index >= 15 is 0 Å². The third-order valence-corrected chi connectivity index (χ3v) is 5.37. The Balaban J connectivity index is 2.97. The molecule has 0 radical (unpaired) electrons. The van der Waals surface area contributed by atoms with Crippen LogP contribution in [0.1, 0.15) is 31.9 Å². The summed E-state index contributed by atoms with van der Waals surface area (Å²) >= 11 is 0. The predicted molar refractivity (Wildman–Crippen MR) is 83.4 cm³/mol. The Morgan fingerprint density at radius 1 is 1.19 bits per heavy atom. The van der Waals surface area contributed by atoms with E-state index in [2.05, 4.69) is 9.62 Å². The van der Waals surface area contributed by atoms with Crippen molar-refractivity contribution in [3.8, 4) is 0 Å². The molecule has 0 saturated carbocycles. The second-order valence-electron chi connectivity index (χ2n) is 5.38. The lowest BCUT2D eigenvalue weighted by molar-refractivity contribution is 0.282. The van der Waals surface area contributed by atoms with Gasteiger partial charge in [0.15, 0.2) is 0 Å². The summed E-state index contributed by atoms with van der Waals surface area (Å²) in [4.78, 5) is 2.33. The van der Waals surface area contributed by atoms with Gasteiger partial charge in [-0.2, -0.15) is 0 Å². The summed E-state index contributed by atoms with van der Waals surface area (Å²) in [7, 11) is -3.64. The van der Waals surface area contributed by atoms with E-state index in [0.717, 1.165) is 13.1 Å². The second kappa shape index (κ2) is 7.33. The molecule has 1 aromatic rings. The van der Waals surface area contributed by atoms with Crippen LogP contribution in [-0.4, -0.2) is 39.0 Å². The largest absolute Gasteiger partial charge is 0.302 e. The maximum atomic E-state index is 13.3. The third-order valence-electron chi connectivity index (χ3n) is 3.48. The molecule has 0 fully saturated rings. The third kappa shape index (κ3) is 4.76. The van der Waals surface area contributed by atoms with Gasteiger partial charge in [-0.3, -0.25) is 0 Å². The molecule has 0 saturated heterocycles. The van der Waals surface area contributed by atoms with Gasteiger partial charge in [0.25, 0.3) is 0 Å². The summed E-state index contributed by atoms with van der Waals surface area (Å²) in [6.45, 7) is 11.5. The van der Waals surface area contributed by atoms with Crippen LogP contribution in [0.15, 0.2) is 17.0 Å². The molecule has 1 unspecified atom stereocenters. The van der Waals surface area contributed by atoms with Crippen molar-refractivity contribution in [1.29, 1.82) is 0 Å². The number of likely N-dealkylation sites (N-methyl/N-ethyl adjacent to an activating group) is 1. The van der Waals surface area contributed by atoms with Crippen molar-refractivity contribution < 1.29 is 12.8 Å². The highest BCUT2D eigenvalue weighted by Crippen LogP contribution is 2.21. The number of halogens is 1. The topological polar surface area (TPSA) is 49.4 Å². The number of hydrogen-bond donors (Lipinski definition) is 1. The molecule has 0 aliphatic carbocycles. The SMILES string of the molecule is CCN(CC)CC(C)NS(=O)(=O)c1c(C)cc(F)cc1C. The zero-order valence-electron chi connectivity index (χ0n) is 13.4. The van der Waals surface area contributed by atoms with E-state index in [1.54, 1.807) is 13.8 Å². The maximum absolute atomic E-state index is 13.3. The highest BCUT2D eigenvalue weighted by Gasteiger charge is 2.23. The van der Waals surface area contributed by atoms with Crippen molar-refractivity contribution in [3.05, 3.63) is 29.1 Å². The zero-order chi connectivity index (χ0) is 16.2. The summed E-state index contributed by atoms with van der Waals surface area (Å²) in [5, 5.41) is 0. The van der Waals surface area contributed by atoms with E-state index in [4.69, 9.17) is 0 Å². The normalized spacial score (nSPS) is 13.7. The Kier molecular flexibility index (Phi) is 6.31. The Morgan fingerprint density at radius 3 is 2.10 bits per heavy atom. The van der Waals surface area contributed by atoms with Crippen LogP contribution >= 0.6 is 0 Å². The van der Waals surface area contributed by atoms with Gasteiger partial charge < -0.3 is 4.90 Å². The van der Waals surface area contributed by atoms with Crippen molar-refractivity contribution in [2.75, 3.05) is 19.6 Å². The van der Waals surface area contributed by atoms with E-state index in [9.17, 15) is 12.8 Å². The number of nitrogens with one attached hydrogen (secondary N) is 1. The second-order valence-corrected chi connectivity index (χ2v) is 7.03. The minimum absolute atomic E-state index is 0.176. The molecule has 21 heavy (non-hydrogen) atoms. The fourth-order valence-electron chi connectivity index (χ4n) is 2.55. The Morgan fingerprint density at radius 2 is 1.67 bits per heavy atom. The van der Waals surface area contributed by atoms with E-state index in [1.165, 1.54) is 12.1 Å². The van der Waals surface area contributed by atoms with Gasteiger partial charge in [0, 0.05) is 12.6 Å². The van der Waals surface area contributed by atoms with Crippen LogP contribution in [0.3, 0.4) is 0 Å². The first-order chi connectivity index (χ1) is 9.71. The average Bonchev–Trinajstić information content (AvgIpc) is 2.33. The van der Waals surface area contributed by atoms with Gasteiger partial charge in [-0.15, -0.1) is 0 Å². The standard InChI is InChI=1S/C15H25FN2O2S/c1-6-18(7-2)10-13(5)17-21(19,20)15-11(3)8-14(16)9-12(15)4/h8-9,13,17H,6-7,10H2,1-5H3. The van der Waals surface area contributed by atoms with Gasteiger partial charge >= 0.3 is 0 Å². The Labute approximate surface area is 127 Å². The molecule has 0 aliphatic rings. The quantitative estimate of drug-likeness (QED) is 0.840. The lowest BCUT2D eigenvalue weighted by Gasteiger charge is -2.24. The van der Waals surface area contributed by atoms with Crippen LogP contribution in [0.5, 0.6) is 0 Å². The minimum atomic E-state index is -3.64. The number of sulfonamides is 1.